The number of rotatable bonds is 6. The highest BCUT2D eigenvalue weighted by Gasteiger charge is 2.16. The lowest BCUT2D eigenvalue weighted by molar-refractivity contribution is 0.0520. The predicted octanol–water partition coefficient (Wildman–Crippen LogP) is 4.03. The molecule has 0 radical (unpaired) electrons. The largest absolute Gasteiger partial charge is 0.491 e. The van der Waals surface area contributed by atoms with E-state index in [1.807, 2.05) is 0 Å². The van der Waals surface area contributed by atoms with Gasteiger partial charge in [-0.3, -0.25) is 0 Å². The van der Waals surface area contributed by atoms with Crippen LogP contribution in [0.25, 0.3) is 11.1 Å². The molecular weight excluding hydrogens is 356 g/mol. The van der Waals surface area contributed by atoms with E-state index in [-0.39, 0.29) is 24.3 Å². The van der Waals surface area contributed by atoms with Gasteiger partial charge in [-0.25, -0.2) is 13.6 Å². The summed E-state index contributed by atoms with van der Waals surface area (Å²) in [4.78, 5) is 11.6. The number of carbonyl (C=O) groups excluding carboxylic acids is 1. The van der Waals surface area contributed by atoms with Crippen LogP contribution < -0.4 is 10.1 Å². The third-order valence-electron chi connectivity index (χ3n) is 3.51. The van der Waals surface area contributed by atoms with Gasteiger partial charge in [0.05, 0.1) is 13.2 Å². The van der Waals surface area contributed by atoms with Crippen LogP contribution in [0, 0.1) is 11.6 Å². The summed E-state index contributed by atoms with van der Waals surface area (Å²) in [7, 11) is 0. The number of hydrogen-bond acceptors (Lipinski definition) is 4. The van der Waals surface area contributed by atoms with Crippen molar-refractivity contribution in [1.82, 2.24) is 5.32 Å². The van der Waals surface area contributed by atoms with E-state index in [2.05, 4.69) is 5.32 Å². The van der Waals surface area contributed by atoms with Crippen LogP contribution in [-0.2, 0) is 11.3 Å². The Hall–Kier alpha value is -2.67. The molecule has 2 aromatic carbocycles. The minimum atomic E-state index is -0.807. The van der Waals surface area contributed by atoms with Gasteiger partial charge in [0.1, 0.15) is 29.6 Å². The maximum absolute atomic E-state index is 14.2. The van der Waals surface area contributed by atoms with Gasteiger partial charge in [-0.05, 0) is 32.9 Å². The summed E-state index contributed by atoms with van der Waals surface area (Å²) < 4.78 is 38.6. The number of nitrogens with one attached hydrogen (secondary N) is 1. The first kappa shape index (κ1) is 20.6. The summed E-state index contributed by atoms with van der Waals surface area (Å²) in [6.07, 6.45) is -0.559. The smallest absolute Gasteiger partial charge is 0.407 e. The SMILES string of the molecule is CC(C)(C)OC(=O)NCCOc1ccccc1-c1cc(CO)c(F)cc1F. The predicted molar refractivity (Wildman–Crippen MR) is 97.4 cm³/mol. The first-order chi connectivity index (χ1) is 12.7. The van der Waals surface area contributed by atoms with Crippen molar-refractivity contribution in [2.45, 2.75) is 33.0 Å². The van der Waals surface area contributed by atoms with Crippen LogP contribution in [0.5, 0.6) is 5.75 Å². The van der Waals surface area contributed by atoms with Gasteiger partial charge in [-0.15, -0.1) is 0 Å². The molecular formula is C20H23F2NO4. The van der Waals surface area contributed by atoms with Crippen molar-refractivity contribution in [3.05, 3.63) is 53.6 Å². The van der Waals surface area contributed by atoms with E-state index in [9.17, 15) is 18.7 Å². The summed E-state index contributed by atoms with van der Waals surface area (Å²) in [5.74, 6) is -1.19. The highest BCUT2D eigenvalue weighted by atomic mass is 19.1. The minimum Gasteiger partial charge on any atom is -0.491 e. The van der Waals surface area contributed by atoms with Crippen LogP contribution in [0.15, 0.2) is 36.4 Å². The number of amides is 1. The molecule has 7 heteroatoms. The number of aliphatic hydroxyl groups is 1. The molecule has 0 atom stereocenters. The fraction of sp³-hybridized carbons (Fsp3) is 0.350. The molecule has 0 aromatic heterocycles. The lowest BCUT2D eigenvalue weighted by Crippen LogP contribution is -2.34. The van der Waals surface area contributed by atoms with Crippen molar-refractivity contribution in [2.75, 3.05) is 13.2 Å². The topological polar surface area (TPSA) is 67.8 Å². The third-order valence-corrected chi connectivity index (χ3v) is 3.51. The maximum atomic E-state index is 14.2. The molecule has 2 N–H and O–H groups in total. The van der Waals surface area contributed by atoms with E-state index in [0.717, 1.165) is 6.07 Å². The van der Waals surface area contributed by atoms with Crippen LogP contribution in [-0.4, -0.2) is 30.0 Å². The summed E-state index contributed by atoms with van der Waals surface area (Å²) >= 11 is 0. The van der Waals surface area contributed by atoms with Gasteiger partial charge in [-0.2, -0.15) is 0 Å². The summed E-state index contributed by atoms with van der Waals surface area (Å²) in [6.45, 7) is 5.07. The Morgan fingerprint density at radius 1 is 1.11 bits per heavy atom. The van der Waals surface area contributed by atoms with Gasteiger partial charge >= 0.3 is 6.09 Å². The normalized spacial score (nSPS) is 11.2. The molecule has 2 aromatic rings. The van der Waals surface area contributed by atoms with Crippen molar-refractivity contribution < 1.29 is 28.2 Å². The maximum Gasteiger partial charge on any atom is 0.407 e. The van der Waals surface area contributed by atoms with E-state index in [1.165, 1.54) is 6.07 Å². The van der Waals surface area contributed by atoms with Crippen molar-refractivity contribution in [2.24, 2.45) is 0 Å². The van der Waals surface area contributed by atoms with Crippen molar-refractivity contribution in [3.8, 4) is 16.9 Å². The average molecular weight is 379 g/mol. The second-order valence-corrected chi connectivity index (χ2v) is 6.85. The molecule has 0 saturated carbocycles. The molecule has 0 spiro atoms. The quantitative estimate of drug-likeness (QED) is 0.744. The molecule has 0 heterocycles. The molecule has 0 unspecified atom stereocenters. The first-order valence-corrected chi connectivity index (χ1v) is 8.49. The Morgan fingerprint density at radius 3 is 2.48 bits per heavy atom. The zero-order valence-electron chi connectivity index (χ0n) is 15.5. The molecule has 2 rings (SSSR count). The number of para-hydroxylation sites is 1. The molecule has 0 bridgehead atoms. The molecule has 0 aliphatic heterocycles. The van der Waals surface area contributed by atoms with Crippen LogP contribution in [0.1, 0.15) is 26.3 Å². The number of ether oxygens (including phenoxy) is 2. The Balaban J connectivity index is 2.08. The van der Waals surface area contributed by atoms with Gasteiger partial charge in [0, 0.05) is 22.8 Å². The van der Waals surface area contributed by atoms with Crippen molar-refractivity contribution in [3.63, 3.8) is 0 Å². The zero-order valence-corrected chi connectivity index (χ0v) is 15.5. The Morgan fingerprint density at radius 2 is 1.81 bits per heavy atom. The number of alkyl carbamates (subject to hydrolysis) is 1. The van der Waals surface area contributed by atoms with E-state index in [0.29, 0.717) is 11.3 Å². The number of halogens is 2. The molecule has 0 aliphatic rings. The van der Waals surface area contributed by atoms with E-state index in [4.69, 9.17) is 9.47 Å². The highest BCUT2D eigenvalue weighted by Crippen LogP contribution is 2.33. The average Bonchev–Trinajstić information content (AvgIpc) is 2.58. The van der Waals surface area contributed by atoms with Crippen molar-refractivity contribution >= 4 is 6.09 Å². The molecule has 0 saturated heterocycles. The molecule has 27 heavy (non-hydrogen) atoms. The summed E-state index contributed by atoms with van der Waals surface area (Å²) in [5.41, 5.74) is -0.0619. The standard InChI is InChI=1S/C20H23F2NO4/c1-20(2,3)27-19(25)23-8-9-26-18-7-5-4-6-14(18)15-10-13(12-24)16(21)11-17(15)22/h4-7,10-11,24H,8-9,12H2,1-3H3,(H,23,25). The Labute approximate surface area is 156 Å². The lowest BCUT2D eigenvalue weighted by atomic mass is 10.0. The van der Waals surface area contributed by atoms with Crippen LogP contribution >= 0.6 is 0 Å². The first-order valence-electron chi connectivity index (χ1n) is 8.49. The van der Waals surface area contributed by atoms with E-state index in [1.54, 1.807) is 45.0 Å². The minimum absolute atomic E-state index is 0.00667. The Bertz CT molecular complexity index is 803. The van der Waals surface area contributed by atoms with Crippen molar-refractivity contribution in [1.29, 1.82) is 0 Å². The molecule has 5 nitrogen and oxygen atoms in total. The highest BCUT2D eigenvalue weighted by molar-refractivity contribution is 5.71. The van der Waals surface area contributed by atoms with Gasteiger partial charge < -0.3 is 19.9 Å². The fourth-order valence-electron chi connectivity index (χ4n) is 2.36. The van der Waals surface area contributed by atoms with E-state index < -0.39 is 29.9 Å². The Kier molecular flexibility index (Phi) is 6.74. The van der Waals surface area contributed by atoms with Gasteiger partial charge in [0.15, 0.2) is 0 Å². The van der Waals surface area contributed by atoms with Crippen LogP contribution in [0.3, 0.4) is 0 Å². The van der Waals surface area contributed by atoms with Gasteiger partial charge in [0.2, 0.25) is 0 Å². The van der Waals surface area contributed by atoms with E-state index >= 15 is 0 Å². The van der Waals surface area contributed by atoms with Gasteiger partial charge in [-0.1, -0.05) is 18.2 Å². The molecule has 1 amide bonds. The summed E-state index contributed by atoms with van der Waals surface area (Å²) in [5, 5.41) is 11.8. The van der Waals surface area contributed by atoms with Crippen LogP contribution in [0.2, 0.25) is 0 Å². The second kappa shape index (κ2) is 8.81. The molecule has 0 aliphatic carbocycles. The zero-order chi connectivity index (χ0) is 20.0. The lowest BCUT2D eigenvalue weighted by Gasteiger charge is -2.19. The molecule has 0 fully saturated rings. The third kappa shape index (κ3) is 5.92. The number of aliphatic hydroxyl groups excluding tert-OH is 1. The summed E-state index contributed by atoms with van der Waals surface area (Å²) in [6, 6.07) is 8.68. The number of benzene rings is 2. The number of hydrogen-bond donors (Lipinski definition) is 2. The second-order valence-electron chi connectivity index (χ2n) is 6.85. The molecule has 146 valence electrons. The fourth-order valence-corrected chi connectivity index (χ4v) is 2.36. The van der Waals surface area contributed by atoms with Gasteiger partial charge in [0.25, 0.3) is 0 Å². The number of carbonyl (C=O) groups is 1. The van der Waals surface area contributed by atoms with Crippen LogP contribution in [0.4, 0.5) is 13.6 Å². The monoisotopic (exact) mass is 379 g/mol.